The predicted molar refractivity (Wildman–Crippen MR) is 151 cm³/mol. The van der Waals surface area contributed by atoms with E-state index in [4.69, 9.17) is 9.97 Å². The molecule has 4 nitrogen and oxygen atoms in total. The van der Waals surface area contributed by atoms with Crippen molar-refractivity contribution in [2.45, 2.75) is 26.3 Å². The molecule has 0 unspecified atom stereocenters. The van der Waals surface area contributed by atoms with E-state index in [-0.39, 0.29) is 0 Å². The summed E-state index contributed by atoms with van der Waals surface area (Å²) in [5, 5.41) is 0. The minimum absolute atomic E-state index is 0.376. The lowest BCUT2D eigenvalue weighted by molar-refractivity contribution is 0.276. The van der Waals surface area contributed by atoms with Crippen LogP contribution in [0.25, 0.3) is 11.4 Å². The van der Waals surface area contributed by atoms with E-state index >= 15 is 0 Å². The van der Waals surface area contributed by atoms with Gasteiger partial charge in [-0.2, -0.15) is 0 Å². The Morgan fingerprint density at radius 3 is 1.70 bits per heavy atom. The van der Waals surface area contributed by atoms with Gasteiger partial charge in [0.1, 0.15) is 11.2 Å². The van der Waals surface area contributed by atoms with Gasteiger partial charge < -0.3 is 9.47 Å². The van der Waals surface area contributed by atoms with Gasteiger partial charge in [-0.05, 0) is 40.7 Å². The lowest BCUT2D eigenvalue weighted by Crippen LogP contribution is -2.53. The van der Waals surface area contributed by atoms with Crippen LogP contribution in [0.1, 0.15) is 36.1 Å². The van der Waals surface area contributed by atoms with Gasteiger partial charge in [-0.25, -0.2) is 4.98 Å². The second kappa shape index (κ2) is 9.04. The highest BCUT2D eigenvalue weighted by Gasteiger charge is 2.38. The van der Waals surface area contributed by atoms with Crippen LogP contribution in [-0.2, 0) is 5.54 Å². The Balaban J connectivity index is 1.49. The average molecular weight is 485 g/mol. The number of aromatic nitrogens is 3. The van der Waals surface area contributed by atoms with Crippen LogP contribution in [0.4, 0.5) is 5.69 Å². The molecule has 5 aromatic rings. The zero-order valence-corrected chi connectivity index (χ0v) is 21.7. The SMILES string of the molecule is Cc1cc(N2CC(C)(C)C2)cnc1-c1cn(C(c2ccccc2)(c2ccccc2)c2ccccc2)cn1. The summed E-state index contributed by atoms with van der Waals surface area (Å²) in [6, 6.07) is 34.3. The monoisotopic (exact) mass is 484 g/mol. The molecule has 0 atom stereocenters. The summed E-state index contributed by atoms with van der Waals surface area (Å²) in [7, 11) is 0. The van der Waals surface area contributed by atoms with E-state index < -0.39 is 5.54 Å². The van der Waals surface area contributed by atoms with Crippen LogP contribution in [0.2, 0.25) is 0 Å². The van der Waals surface area contributed by atoms with E-state index in [1.54, 1.807) is 0 Å². The molecule has 37 heavy (non-hydrogen) atoms. The fourth-order valence-corrected chi connectivity index (χ4v) is 5.78. The number of pyridine rings is 1. The zero-order valence-electron chi connectivity index (χ0n) is 21.7. The summed E-state index contributed by atoms with van der Waals surface area (Å²) in [6.45, 7) is 8.88. The molecule has 1 saturated heterocycles. The van der Waals surface area contributed by atoms with Crippen LogP contribution in [-0.4, -0.2) is 27.6 Å². The molecule has 0 N–H and O–H groups in total. The van der Waals surface area contributed by atoms with Crippen LogP contribution >= 0.6 is 0 Å². The highest BCUT2D eigenvalue weighted by molar-refractivity contribution is 5.63. The summed E-state index contributed by atoms with van der Waals surface area (Å²) >= 11 is 0. The topological polar surface area (TPSA) is 34.0 Å². The third kappa shape index (κ3) is 4.03. The fraction of sp³-hybridized carbons (Fsp3) is 0.212. The van der Waals surface area contributed by atoms with Gasteiger partial charge in [-0.1, -0.05) is 105 Å². The average Bonchev–Trinajstić information content (AvgIpc) is 3.40. The molecule has 0 bridgehead atoms. The van der Waals surface area contributed by atoms with E-state index in [1.807, 2.05) is 12.5 Å². The molecule has 0 aliphatic carbocycles. The molecule has 3 heterocycles. The van der Waals surface area contributed by atoms with Gasteiger partial charge in [0.2, 0.25) is 0 Å². The molecule has 3 aromatic carbocycles. The van der Waals surface area contributed by atoms with Gasteiger partial charge in [0.05, 0.1) is 23.9 Å². The van der Waals surface area contributed by atoms with Crippen molar-refractivity contribution in [2.24, 2.45) is 5.41 Å². The first-order chi connectivity index (χ1) is 18.0. The largest absolute Gasteiger partial charge is 0.369 e. The van der Waals surface area contributed by atoms with Gasteiger partial charge in [-0.3, -0.25) is 4.98 Å². The summed E-state index contributed by atoms with van der Waals surface area (Å²) < 4.78 is 2.25. The molecule has 0 saturated carbocycles. The van der Waals surface area contributed by atoms with Crippen molar-refractivity contribution < 1.29 is 0 Å². The fourth-order valence-electron chi connectivity index (χ4n) is 5.78. The highest BCUT2D eigenvalue weighted by atomic mass is 15.2. The molecule has 1 aliphatic rings. The Bertz CT molecular complexity index is 1400. The maximum absolute atomic E-state index is 4.91. The molecule has 0 radical (unpaired) electrons. The Hall–Kier alpha value is -4.18. The van der Waals surface area contributed by atoms with Gasteiger partial charge in [-0.15, -0.1) is 0 Å². The van der Waals surface area contributed by atoms with Crippen molar-refractivity contribution in [3.8, 4) is 11.4 Å². The van der Waals surface area contributed by atoms with Crippen LogP contribution < -0.4 is 4.90 Å². The van der Waals surface area contributed by atoms with Crippen molar-refractivity contribution in [1.82, 2.24) is 14.5 Å². The Labute approximate surface area is 219 Å². The van der Waals surface area contributed by atoms with E-state index in [9.17, 15) is 0 Å². The Morgan fingerprint density at radius 2 is 1.24 bits per heavy atom. The number of imidazole rings is 1. The predicted octanol–water partition coefficient (Wildman–Crippen LogP) is 6.94. The molecule has 1 fully saturated rings. The second-order valence-corrected chi connectivity index (χ2v) is 10.9. The lowest BCUT2D eigenvalue weighted by atomic mass is 9.77. The maximum Gasteiger partial charge on any atom is 0.121 e. The van der Waals surface area contributed by atoms with E-state index in [1.165, 1.54) is 22.4 Å². The third-order valence-corrected chi connectivity index (χ3v) is 7.45. The number of hydrogen-bond donors (Lipinski definition) is 0. The standard InChI is InChI=1S/C33H32N4/c1-25-19-29(36-22-32(2,3)23-36)20-34-31(25)30-21-37(24-35-30)33(26-13-7-4-8-14-26,27-15-9-5-10-16-27)28-17-11-6-12-18-28/h4-21,24H,22-23H2,1-3H3. The summed E-state index contributed by atoms with van der Waals surface area (Å²) in [6.07, 6.45) is 6.10. The first-order valence-electron chi connectivity index (χ1n) is 12.9. The molecular formula is C33H32N4. The van der Waals surface area contributed by atoms with E-state index in [2.05, 4.69) is 133 Å². The van der Waals surface area contributed by atoms with Gasteiger partial charge in [0.15, 0.2) is 0 Å². The van der Waals surface area contributed by atoms with Crippen molar-refractivity contribution in [3.05, 3.63) is 138 Å². The Morgan fingerprint density at radius 1 is 0.730 bits per heavy atom. The first kappa shape index (κ1) is 23.2. The number of aryl methyl sites for hydroxylation is 1. The van der Waals surface area contributed by atoms with Gasteiger partial charge in [0.25, 0.3) is 0 Å². The van der Waals surface area contributed by atoms with Crippen molar-refractivity contribution in [3.63, 3.8) is 0 Å². The molecule has 2 aromatic heterocycles. The quantitative estimate of drug-likeness (QED) is 0.245. The molecule has 184 valence electrons. The minimum atomic E-state index is -0.577. The van der Waals surface area contributed by atoms with E-state index in [0.29, 0.717) is 5.41 Å². The van der Waals surface area contributed by atoms with Crippen molar-refractivity contribution >= 4 is 5.69 Å². The molecule has 0 amide bonds. The highest BCUT2D eigenvalue weighted by Crippen LogP contribution is 2.41. The van der Waals surface area contributed by atoms with E-state index in [0.717, 1.165) is 30.0 Å². The summed E-state index contributed by atoms with van der Waals surface area (Å²) in [4.78, 5) is 12.2. The molecule has 6 rings (SSSR count). The molecular weight excluding hydrogens is 452 g/mol. The molecule has 1 aliphatic heterocycles. The second-order valence-electron chi connectivity index (χ2n) is 10.9. The maximum atomic E-state index is 4.91. The number of anilines is 1. The van der Waals surface area contributed by atoms with Crippen molar-refractivity contribution in [2.75, 3.05) is 18.0 Å². The molecule has 4 heteroatoms. The third-order valence-electron chi connectivity index (χ3n) is 7.45. The van der Waals surface area contributed by atoms with Crippen LogP contribution in [0, 0.1) is 12.3 Å². The van der Waals surface area contributed by atoms with Crippen LogP contribution in [0.5, 0.6) is 0 Å². The smallest absolute Gasteiger partial charge is 0.121 e. The minimum Gasteiger partial charge on any atom is -0.369 e. The number of benzene rings is 3. The summed E-state index contributed by atoms with van der Waals surface area (Å²) in [5.74, 6) is 0. The van der Waals surface area contributed by atoms with Gasteiger partial charge in [0, 0.05) is 19.3 Å². The lowest BCUT2D eigenvalue weighted by Gasteiger charge is -2.47. The van der Waals surface area contributed by atoms with Crippen LogP contribution in [0.15, 0.2) is 116 Å². The van der Waals surface area contributed by atoms with Crippen LogP contribution in [0.3, 0.4) is 0 Å². The first-order valence-corrected chi connectivity index (χ1v) is 12.9. The summed E-state index contributed by atoms with van der Waals surface area (Å²) in [5.41, 5.74) is 7.45. The Kier molecular flexibility index (Phi) is 5.68. The number of rotatable bonds is 6. The number of hydrogen-bond acceptors (Lipinski definition) is 3. The zero-order chi connectivity index (χ0) is 25.5. The van der Waals surface area contributed by atoms with Crippen molar-refractivity contribution in [1.29, 1.82) is 0 Å². The number of nitrogens with zero attached hydrogens (tertiary/aromatic N) is 4. The normalized spacial score (nSPS) is 14.8. The molecule has 0 spiro atoms. The van der Waals surface area contributed by atoms with Gasteiger partial charge >= 0.3 is 0 Å².